The van der Waals surface area contributed by atoms with Crippen LogP contribution in [0.2, 0.25) is 0 Å². The van der Waals surface area contributed by atoms with Gasteiger partial charge in [0, 0.05) is 0 Å². The van der Waals surface area contributed by atoms with Crippen LogP contribution in [0.3, 0.4) is 0 Å². The Morgan fingerprint density at radius 2 is 1.65 bits per heavy atom. The minimum Gasteiger partial charge on any atom is -0.0965 e. The number of unbranched alkanes of at least 4 members (excludes halogenated alkanes) is 3. The number of aliphatic imine (C=N–C) groups is 2. The third-order valence-corrected chi connectivity index (χ3v) is 4.87. The van der Waals surface area contributed by atoms with Gasteiger partial charge in [0.1, 0.15) is 0 Å². The maximum atomic E-state index is 4.55. The van der Waals surface area contributed by atoms with Crippen LogP contribution < -0.4 is 0 Å². The molecule has 0 aromatic heterocycles. The van der Waals surface area contributed by atoms with Crippen molar-refractivity contribution in [1.29, 1.82) is 0 Å². The molecule has 2 atom stereocenters. The number of nitrogens with zero attached hydrogens (tertiary/aromatic N) is 2. The first-order valence-electron chi connectivity index (χ1n) is 9.19. The smallest absolute Gasteiger partial charge is 0.0965 e. The van der Waals surface area contributed by atoms with E-state index in [2.05, 4.69) is 61.1 Å². The van der Waals surface area contributed by atoms with Gasteiger partial charge < -0.3 is 0 Å². The number of hydrogen-bond donors (Lipinski definition) is 0. The van der Waals surface area contributed by atoms with Crippen molar-refractivity contribution in [2.24, 2.45) is 27.7 Å². The topological polar surface area (TPSA) is 24.7 Å². The number of benzene rings is 1. The van der Waals surface area contributed by atoms with Gasteiger partial charge >= 0.3 is 0 Å². The zero-order valence-corrected chi connectivity index (χ0v) is 14.9. The van der Waals surface area contributed by atoms with E-state index in [1.54, 1.807) is 0 Å². The molecule has 2 rings (SSSR count). The lowest BCUT2D eigenvalue weighted by molar-refractivity contribution is 0.240. The lowest BCUT2D eigenvalue weighted by Gasteiger charge is -2.29. The summed E-state index contributed by atoms with van der Waals surface area (Å²) in [6, 6.07) is 10.9. The minimum absolute atomic E-state index is 0.474. The van der Waals surface area contributed by atoms with Gasteiger partial charge in [0.15, 0.2) is 12.4 Å². The quantitative estimate of drug-likeness (QED) is 0.389. The lowest BCUT2D eigenvalue weighted by atomic mass is 9.75. The van der Waals surface area contributed by atoms with Crippen LogP contribution in [0.15, 0.2) is 40.3 Å². The van der Waals surface area contributed by atoms with Crippen molar-refractivity contribution < 1.29 is 0 Å². The molecule has 0 bridgehead atoms. The van der Waals surface area contributed by atoms with Gasteiger partial charge in [-0.25, -0.2) is 0 Å². The highest BCUT2D eigenvalue weighted by molar-refractivity contribution is 6.18. The summed E-state index contributed by atoms with van der Waals surface area (Å²) in [5.74, 6) is 1.70. The largest absolute Gasteiger partial charge is 0.244 e. The Hall–Kier alpha value is -1.57. The molecule has 1 heterocycles. The Morgan fingerprint density at radius 3 is 2.26 bits per heavy atom. The number of rotatable bonds is 10. The summed E-state index contributed by atoms with van der Waals surface area (Å²) >= 11 is 0. The van der Waals surface area contributed by atoms with Crippen molar-refractivity contribution in [2.75, 3.05) is 0 Å². The van der Waals surface area contributed by atoms with Gasteiger partial charge in [0.2, 0.25) is 6.17 Å². The van der Waals surface area contributed by atoms with Crippen molar-refractivity contribution >= 4 is 12.4 Å². The normalized spacial score (nSPS) is 16.3. The van der Waals surface area contributed by atoms with Crippen LogP contribution in [-0.2, 0) is 6.42 Å². The van der Waals surface area contributed by atoms with E-state index in [0.29, 0.717) is 17.8 Å². The standard InChI is InChI=1S/C21H31N2/c1-4-5-6-10-13-19(21-22-14-15-23-21)20(17(2)3)16-18-11-8-7-9-12-18/h7-9,11-12,14-15,17,19-20H,4-6,10,13,16H2,1-3H3/q+1. The molecule has 1 aromatic carbocycles. The van der Waals surface area contributed by atoms with Gasteiger partial charge in [0.25, 0.3) is 0 Å². The molecular formula is C21H31N2+. The second-order valence-electron chi connectivity index (χ2n) is 6.97. The van der Waals surface area contributed by atoms with Gasteiger partial charge in [-0.3, -0.25) is 0 Å². The summed E-state index contributed by atoms with van der Waals surface area (Å²) in [7, 11) is 0. The fourth-order valence-electron chi connectivity index (χ4n) is 3.50. The molecule has 0 fully saturated rings. The lowest BCUT2D eigenvalue weighted by Crippen LogP contribution is -2.26. The Bertz CT molecular complexity index is 478. The van der Waals surface area contributed by atoms with Crippen LogP contribution in [0, 0.1) is 23.9 Å². The van der Waals surface area contributed by atoms with Crippen molar-refractivity contribution in [3.8, 4) is 0 Å². The molecule has 0 N–H and O–H groups in total. The van der Waals surface area contributed by atoms with E-state index in [-0.39, 0.29) is 0 Å². The van der Waals surface area contributed by atoms with Crippen LogP contribution in [0.5, 0.6) is 0 Å². The summed E-state index contributed by atoms with van der Waals surface area (Å²) in [5, 5.41) is 0. The first-order valence-corrected chi connectivity index (χ1v) is 9.19. The summed E-state index contributed by atoms with van der Waals surface area (Å²) in [4.78, 5) is 9.10. The van der Waals surface area contributed by atoms with Gasteiger partial charge in [-0.15, -0.1) is 0 Å². The van der Waals surface area contributed by atoms with Gasteiger partial charge in [-0.05, 0) is 30.2 Å². The summed E-state index contributed by atoms with van der Waals surface area (Å²) in [6.45, 7) is 6.95. The fourth-order valence-corrected chi connectivity index (χ4v) is 3.50. The molecular weight excluding hydrogens is 280 g/mol. The highest BCUT2D eigenvalue weighted by Crippen LogP contribution is 2.37. The zero-order valence-electron chi connectivity index (χ0n) is 14.9. The third kappa shape index (κ3) is 5.53. The van der Waals surface area contributed by atoms with Crippen molar-refractivity contribution in [2.45, 2.75) is 59.3 Å². The Kier molecular flexibility index (Phi) is 7.38. The monoisotopic (exact) mass is 311 g/mol. The van der Waals surface area contributed by atoms with Crippen LogP contribution in [-0.4, -0.2) is 12.4 Å². The summed E-state index contributed by atoms with van der Waals surface area (Å²) < 4.78 is 0. The predicted octanol–water partition coefficient (Wildman–Crippen LogP) is 5.73. The molecule has 0 spiro atoms. The molecule has 0 radical (unpaired) electrons. The summed E-state index contributed by atoms with van der Waals surface area (Å²) in [6.07, 6.45) is 12.3. The molecule has 1 aliphatic rings. The molecule has 23 heavy (non-hydrogen) atoms. The minimum atomic E-state index is 0.474. The average Bonchev–Trinajstić information content (AvgIpc) is 3.08. The van der Waals surface area contributed by atoms with Crippen LogP contribution in [0.1, 0.15) is 58.4 Å². The van der Waals surface area contributed by atoms with E-state index < -0.39 is 0 Å². The van der Waals surface area contributed by atoms with Gasteiger partial charge in [0.05, 0.1) is 5.92 Å². The first kappa shape index (κ1) is 17.8. The number of hydrogen-bond acceptors (Lipinski definition) is 2. The highest BCUT2D eigenvalue weighted by atomic mass is 15.0. The summed E-state index contributed by atoms with van der Waals surface area (Å²) in [5.41, 5.74) is 1.43. The molecule has 0 saturated carbocycles. The van der Waals surface area contributed by atoms with Crippen molar-refractivity contribution in [3.63, 3.8) is 0 Å². The Balaban J connectivity index is 2.08. The molecule has 0 amide bonds. The first-order chi connectivity index (χ1) is 11.2. The molecule has 2 nitrogen and oxygen atoms in total. The van der Waals surface area contributed by atoms with E-state index >= 15 is 0 Å². The predicted molar refractivity (Wildman–Crippen MR) is 101 cm³/mol. The van der Waals surface area contributed by atoms with Gasteiger partial charge in [-0.1, -0.05) is 86.8 Å². The van der Waals surface area contributed by atoms with E-state index in [1.807, 2.05) is 12.4 Å². The molecule has 1 aromatic rings. The highest BCUT2D eigenvalue weighted by Gasteiger charge is 2.36. The van der Waals surface area contributed by atoms with Gasteiger partial charge in [-0.2, -0.15) is 0 Å². The molecule has 124 valence electrons. The average molecular weight is 311 g/mol. The third-order valence-electron chi connectivity index (χ3n) is 4.87. The molecule has 1 aliphatic heterocycles. The fraction of sp³-hybridized carbons (Fsp3) is 0.571. The van der Waals surface area contributed by atoms with Crippen molar-refractivity contribution in [3.05, 3.63) is 42.1 Å². The van der Waals surface area contributed by atoms with Crippen LogP contribution in [0.4, 0.5) is 0 Å². The van der Waals surface area contributed by atoms with E-state index in [4.69, 9.17) is 0 Å². The Labute approximate surface area is 142 Å². The van der Waals surface area contributed by atoms with E-state index in [9.17, 15) is 0 Å². The van der Waals surface area contributed by atoms with Crippen LogP contribution in [0.25, 0.3) is 0 Å². The second kappa shape index (κ2) is 9.54. The second-order valence-corrected chi connectivity index (χ2v) is 6.97. The van der Waals surface area contributed by atoms with E-state index in [1.165, 1.54) is 37.7 Å². The molecule has 2 unspecified atom stereocenters. The SMILES string of the molecule is CCCCCCC([C+]1N=CC=N1)C(Cc1ccccc1)C(C)C. The molecule has 0 aliphatic carbocycles. The maximum absolute atomic E-state index is 4.55. The zero-order chi connectivity index (χ0) is 16.5. The van der Waals surface area contributed by atoms with E-state index in [0.717, 1.165) is 12.6 Å². The van der Waals surface area contributed by atoms with Crippen LogP contribution >= 0.6 is 0 Å². The Morgan fingerprint density at radius 1 is 0.957 bits per heavy atom. The molecule has 2 heteroatoms. The van der Waals surface area contributed by atoms with Crippen molar-refractivity contribution in [1.82, 2.24) is 0 Å². The molecule has 0 saturated heterocycles. The maximum Gasteiger partial charge on any atom is 0.244 e.